The molecule has 36 heavy (non-hydrogen) atoms. The van der Waals surface area contributed by atoms with Gasteiger partial charge in [-0.25, -0.2) is 9.97 Å². The van der Waals surface area contributed by atoms with E-state index >= 15 is 0 Å². The number of benzene rings is 5. The van der Waals surface area contributed by atoms with Crippen LogP contribution in [0.15, 0.2) is 108 Å². The van der Waals surface area contributed by atoms with E-state index < -0.39 is 0 Å². The van der Waals surface area contributed by atoms with Crippen molar-refractivity contribution in [1.29, 1.82) is 0 Å². The molecule has 0 bridgehead atoms. The van der Waals surface area contributed by atoms with Crippen molar-refractivity contribution in [3.8, 4) is 11.1 Å². The summed E-state index contributed by atoms with van der Waals surface area (Å²) in [5.41, 5.74) is 10.1. The average molecular weight is 460 g/mol. The number of aromatic nitrogens is 3. The molecule has 4 aromatic heterocycles. The molecule has 4 nitrogen and oxygen atoms in total. The van der Waals surface area contributed by atoms with Gasteiger partial charge in [0.2, 0.25) is 0 Å². The van der Waals surface area contributed by atoms with E-state index in [1.165, 1.54) is 27.4 Å². The van der Waals surface area contributed by atoms with Crippen LogP contribution in [-0.2, 0) is 0 Å². The van der Waals surface area contributed by atoms with Crippen LogP contribution in [0, 0.1) is 0 Å². The number of para-hydroxylation sites is 3. The van der Waals surface area contributed by atoms with Crippen LogP contribution in [0.2, 0.25) is 0 Å². The Labute approximate surface area is 204 Å². The third-order valence-electron chi connectivity index (χ3n) is 7.50. The minimum atomic E-state index is 0.895. The molecule has 0 spiro atoms. The molecule has 0 aliphatic rings. The molecule has 0 saturated heterocycles. The minimum absolute atomic E-state index is 0.895. The van der Waals surface area contributed by atoms with Gasteiger partial charge in [-0.1, -0.05) is 66.7 Å². The Morgan fingerprint density at radius 1 is 0.528 bits per heavy atom. The van der Waals surface area contributed by atoms with Crippen molar-refractivity contribution in [1.82, 2.24) is 14.4 Å². The van der Waals surface area contributed by atoms with Crippen molar-refractivity contribution >= 4 is 71.3 Å². The zero-order chi connectivity index (χ0) is 23.4. The molecule has 0 aliphatic heterocycles. The smallest absolute Gasteiger partial charge is 0.165 e. The topological polar surface area (TPSA) is 43.3 Å². The molecule has 0 saturated carbocycles. The number of fused-ring (bicyclic) bond motifs is 10. The summed E-state index contributed by atoms with van der Waals surface area (Å²) in [5, 5.41) is 5.72. The maximum absolute atomic E-state index is 6.35. The number of furan rings is 1. The highest BCUT2D eigenvalue weighted by atomic mass is 16.3. The van der Waals surface area contributed by atoms with Gasteiger partial charge in [-0.3, -0.25) is 4.40 Å². The van der Waals surface area contributed by atoms with Crippen LogP contribution in [0.25, 0.3) is 82.5 Å². The first-order valence-electron chi connectivity index (χ1n) is 12.1. The predicted octanol–water partition coefficient (Wildman–Crippen LogP) is 8.35. The van der Waals surface area contributed by atoms with E-state index in [0.29, 0.717) is 0 Å². The first-order chi connectivity index (χ1) is 17.8. The van der Waals surface area contributed by atoms with Gasteiger partial charge in [0.1, 0.15) is 16.7 Å². The van der Waals surface area contributed by atoms with Gasteiger partial charge in [-0.05, 0) is 47.5 Å². The minimum Gasteiger partial charge on any atom is -0.456 e. The standard InChI is InChI=1S/C32H17N3O/c1-2-7-18(8-3-1)19-13-14-28-23(15-19)24-16-27-22(17-29(24)36-28)20-9-6-10-21-30-32(35(27)31(20)21)34-26-12-5-4-11-25(26)33-30/h1-17H. The number of hydrogen-bond acceptors (Lipinski definition) is 3. The summed E-state index contributed by atoms with van der Waals surface area (Å²) in [5.74, 6) is 0. The largest absolute Gasteiger partial charge is 0.456 e. The summed E-state index contributed by atoms with van der Waals surface area (Å²) in [6.45, 7) is 0. The van der Waals surface area contributed by atoms with E-state index in [0.717, 1.165) is 55.0 Å². The summed E-state index contributed by atoms with van der Waals surface area (Å²) in [4.78, 5) is 10.1. The normalized spacial score (nSPS) is 12.4. The zero-order valence-corrected chi connectivity index (χ0v) is 19.1. The molecule has 0 radical (unpaired) electrons. The fourth-order valence-corrected chi connectivity index (χ4v) is 5.88. The van der Waals surface area contributed by atoms with Gasteiger partial charge in [0, 0.05) is 26.9 Å². The highest BCUT2D eigenvalue weighted by Gasteiger charge is 2.21. The van der Waals surface area contributed by atoms with Crippen molar-refractivity contribution in [2.45, 2.75) is 0 Å². The maximum Gasteiger partial charge on any atom is 0.165 e. The van der Waals surface area contributed by atoms with Crippen molar-refractivity contribution < 1.29 is 4.42 Å². The highest BCUT2D eigenvalue weighted by Crippen LogP contribution is 2.41. The van der Waals surface area contributed by atoms with Crippen LogP contribution >= 0.6 is 0 Å². The summed E-state index contributed by atoms with van der Waals surface area (Å²) >= 11 is 0. The molecular formula is C32H17N3O. The lowest BCUT2D eigenvalue weighted by atomic mass is 10.0. The molecule has 5 aromatic carbocycles. The molecule has 0 fully saturated rings. The van der Waals surface area contributed by atoms with E-state index in [1.54, 1.807) is 0 Å². The monoisotopic (exact) mass is 459 g/mol. The Hall–Kier alpha value is -4.96. The van der Waals surface area contributed by atoms with Crippen LogP contribution in [0.5, 0.6) is 0 Å². The first kappa shape index (κ1) is 18.4. The summed E-state index contributed by atoms with van der Waals surface area (Å²) in [6.07, 6.45) is 0. The van der Waals surface area contributed by atoms with Gasteiger partial charge in [0.25, 0.3) is 0 Å². The average Bonchev–Trinajstić information content (AvgIpc) is 3.57. The van der Waals surface area contributed by atoms with E-state index in [2.05, 4.69) is 77.2 Å². The van der Waals surface area contributed by atoms with Crippen LogP contribution in [0.3, 0.4) is 0 Å². The molecule has 166 valence electrons. The maximum atomic E-state index is 6.35. The highest BCUT2D eigenvalue weighted by molar-refractivity contribution is 6.24. The third kappa shape index (κ3) is 2.24. The first-order valence-corrected chi connectivity index (χ1v) is 12.1. The Kier molecular flexibility index (Phi) is 3.25. The molecule has 0 atom stereocenters. The van der Waals surface area contributed by atoms with Gasteiger partial charge >= 0.3 is 0 Å². The van der Waals surface area contributed by atoms with Gasteiger partial charge in [-0.15, -0.1) is 0 Å². The third-order valence-corrected chi connectivity index (χ3v) is 7.50. The molecule has 0 N–H and O–H groups in total. The van der Waals surface area contributed by atoms with Gasteiger partial charge in [-0.2, -0.15) is 0 Å². The Morgan fingerprint density at radius 2 is 1.31 bits per heavy atom. The molecular weight excluding hydrogens is 442 g/mol. The Bertz CT molecular complexity index is 2310. The van der Waals surface area contributed by atoms with Crippen LogP contribution in [0.4, 0.5) is 0 Å². The Morgan fingerprint density at radius 3 is 2.19 bits per heavy atom. The van der Waals surface area contributed by atoms with Crippen LogP contribution in [0.1, 0.15) is 0 Å². The quantitative estimate of drug-likeness (QED) is 0.248. The number of hydrogen-bond donors (Lipinski definition) is 0. The lowest BCUT2D eigenvalue weighted by Gasteiger charge is -2.01. The van der Waals surface area contributed by atoms with Crippen LogP contribution in [-0.4, -0.2) is 14.4 Å². The van der Waals surface area contributed by atoms with Crippen LogP contribution < -0.4 is 0 Å². The van der Waals surface area contributed by atoms with E-state index in [-0.39, 0.29) is 0 Å². The molecule has 9 rings (SSSR count). The van der Waals surface area contributed by atoms with Gasteiger partial charge < -0.3 is 4.42 Å². The second kappa shape index (κ2) is 6.37. The van der Waals surface area contributed by atoms with Gasteiger partial charge in [0.15, 0.2) is 5.65 Å². The molecule has 4 heterocycles. The van der Waals surface area contributed by atoms with Gasteiger partial charge in [0.05, 0.1) is 22.1 Å². The molecule has 0 amide bonds. The van der Waals surface area contributed by atoms with Crippen molar-refractivity contribution in [2.24, 2.45) is 0 Å². The lowest BCUT2D eigenvalue weighted by molar-refractivity contribution is 0.669. The second-order valence-electron chi connectivity index (χ2n) is 9.47. The van der Waals surface area contributed by atoms with Crippen molar-refractivity contribution in [2.75, 3.05) is 0 Å². The summed E-state index contributed by atoms with van der Waals surface area (Å²) in [6, 6.07) is 35.9. The molecule has 9 aromatic rings. The molecule has 0 aliphatic carbocycles. The molecule has 4 heteroatoms. The lowest BCUT2D eigenvalue weighted by Crippen LogP contribution is -1.88. The molecule has 0 unspecified atom stereocenters. The Balaban J connectivity index is 1.45. The van der Waals surface area contributed by atoms with E-state index in [1.807, 2.05) is 30.3 Å². The summed E-state index contributed by atoms with van der Waals surface area (Å²) in [7, 11) is 0. The SMILES string of the molecule is c1ccc(-c2ccc3oc4cc5c6cccc7c8nc9ccccc9nc8n(c5cc4c3c2)c67)cc1. The van der Waals surface area contributed by atoms with Crippen molar-refractivity contribution in [3.05, 3.63) is 103 Å². The zero-order valence-electron chi connectivity index (χ0n) is 19.1. The second-order valence-corrected chi connectivity index (χ2v) is 9.47. The number of rotatable bonds is 1. The number of nitrogens with zero attached hydrogens (tertiary/aromatic N) is 3. The fraction of sp³-hybridized carbons (Fsp3) is 0. The van der Waals surface area contributed by atoms with Crippen molar-refractivity contribution in [3.63, 3.8) is 0 Å². The predicted molar refractivity (Wildman–Crippen MR) is 147 cm³/mol. The van der Waals surface area contributed by atoms with E-state index in [9.17, 15) is 0 Å². The fourth-order valence-electron chi connectivity index (χ4n) is 5.88. The summed E-state index contributed by atoms with van der Waals surface area (Å²) < 4.78 is 8.63. The van der Waals surface area contributed by atoms with E-state index in [4.69, 9.17) is 14.4 Å².